The van der Waals surface area contributed by atoms with Crippen molar-refractivity contribution >= 4 is 12.1 Å². The molecule has 0 radical (unpaired) electrons. The fraction of sp³-hybridized carbons (Fsp3) is 0.450. The lowest BCUT2D eigenvalue weighted by Gasteiger charge is -2.40. The van der Waals surface area contributed by atoms with E-state index < -0.39 is 0 Å². The van der Waals surface area contributed by atoms with Crippen LogP contribution in [-0.2, 0) is 6.54 Å². The first-order chi connectivity index (χ1) is 13.7. The predicted octanol–water partition coefficient (Wildman–Crippen LogP) is 1.96. The Morgan fingerprint density at radius 3 is 2.68 bits per heavy atom. The van der Waals surface area contributed by atoms with Crippen LogP contribution in [0.1, 0.15) is 25.0 Å². The number of hydrogen-bond donors (Lipinski definition) is 2. The van der Waals surface area contributed by atoms with E-state index in [0.717, 1.165) is 43.7 Å². The molecule has 0 aliphatic carbocycles. The summed E-state index contributed by atoms with van der Waals surface area (Å²) in [5.41, 5.74) is 1.81. The zero-order valence-corrected chi connectivity index (χ0v) is 15.9. The third-order valence-corrected chi connectivity index (χ3v) is 5.39. The number of piperidine rings is 1. The van der Waals surface area contributed by atoms with Crippen LogP contribution < -0.4 is 10.6 Å². The second-order valence-corrected chi connectivity index (χ2v) is 7.24. The standard InChI is InChI=1S/C20H26N6O2/c27-19(22-15-16-7-14-26(23-16)18-5-2-1-3-6-18)24-12-8-17(9-13-24)25-11-4-10-21-20(25)28/h1-3,5-7,14,17H,4,8-13,15H2,(H,21,28)(H,22,27). The van der Waals surface area contributed by atoms with Crippen molar-refractivity contribution in [3.8, 4) is 5.69 Å². The minimum absolute atomic E-state index is 0.0307. The number of aromatic nitrogens is 2. The summed E-state index contributed by atoms with van der Waals surface area (Å²) in [5.74, 6) is 0. The highest BCUT2D eigenvalue weighted by Gasteiger charge is 2.30. The molecule has 2 aromatic rings. The van der Waals surface area contributed by atoms with Gasteiger partial charge in [0.2, 0.25) is 0 Å². The number of carbonyl (C=O) groups is 2. The van der Waals surface area contributed by atoms with E-state index in [9.17, 15) is 9.59 Å². The van der Waals surface area contributed by atoms with E-state index in [1.54, 1.807) is 4.68 Å². The van der Waals surface area contributed by atoms with E-state index in [4.69, 9.17) is 0 Å². The Bertz CT molecular complexity index is 813. The molecule has 8 heteroatoms. The highest BCUT2D eigenvalue weighted by atomic mass is 16.2. The average molecular weight is 382 g/mol. The van der Waals surface area contributed by atoms with E-state index in [-0.39, 0.29) is 18.1 Å². The number of para-hydroxylation sites is 1. The summed E-state index contributed by atoms with van der Waals surface area (Å²) in [5, 5.41) is 10.4. The minimum atomic E-state index is -0.0733. The molecule has 2 aliphatic heterocycles. The Hall–Kier alpha value is -3.03. The first-order valence-electron chi connectivity index (χ1n) is 9.88. The number of benzene rings is 1. The van der Waals surface area contributed by atoms with Gasteiger partial charge < -0.3 is 20.4 Å². The molecule has 4 amide bonds. The van der Waals surface area contributed by atoms with E-state index in [1.807, 2.05) is 52.4 Å². The lowest BCUT2D eigenvalue weighted by molar-refractivity contribution is 0.118. The summed E-state index contributed by atoms with van der Waals surface area (Å²) >= 11 is 0. The number of likely N-dealkylation sites (tertiary alicyclic amines) is 1. The molecule has 148 valence electrons. The van der Waals surface area contributed by atoms with E-state index in [2.05, 4.69) is 15.7 Å². The Labute approximate surface area is 164 Å². The number of urea groups is 2. The van der Waals surface area contributed by atoms with Gasteiger partial charge in [-0.1, -0.05) is 18.2 Å². The molecule has 4 rings (SSSR count). The molecular formula is C20H26N6O2. The van der Waals surface area contributed by atoms with Crippen molar-refractivity contribution in [3.05, 3.63) is 48.3 Å². The summed E-state index contributed by atoms with van der Waals surface area (Å²) in [6.07, 6.45) is 4.53. The van der Waals surface area contributed by atoms with Gasteiger partial charge in [0.1, 0.15) is 0 Å². The van der Waals surface area contributed by atoms with Gasteiger partial charge in [0.15, 0.2) is 0 Å². The van der Waals surface area contributed by atoms with E-state index >= 15 is 0 Å². The van der Waals surface area contributed by atoms with Gasteiger partial charge in [0, 0.05) is 38.4 Å². The smallest absolute Gasteiger partial charge is 0.317 e. The fourth-order valence-corrected chi connectivity index (χ4v) is 3.84. The van der Waals surface area contributed by atoms with Gasteiger partial charge in [-0.3, -0.25) is 0 Å². The number of nitrogens with zero attached hydrogens (tertiary/aromatic N) is 4. The van der Waals surface area contributed by atoms with Gasteiger partial charge in [-0.25, -0.2) is 14.3 Å². The summed E-state index contributed by atoms with van der Waals surface area (Å²) in [7, 11) is 0. The van der Waals surface area contributed by atoms with E-state index in [1.165, 1.54) is 0 Å². The molecule has 2 fully saturated rings. The number of rotatable bonds is 4. The summed E-state index contributed by atoms with van der Waals surface area (Å²) in [6.45, 7) is 3.30. The van der Waals surface area contributed by atoms with Gasteiger partial charge in [0.05, 0.1) is 17.9 Å². The summed E-state index contributed by atoms with van der Waals surface area (Å²) < 4.78 is 1.80. The molecule has 1 aromatic heterocycles. The molecule has 3 heterocycles. The molecule has 28 heavy (non-hydrogen) atoms. The van der Waals surface area contributed by atoms with Crippen LogP contribution in [0.25, 0.3) is 5.69 Å². The van der Waals surface area contributed by atoms with Crippen LogP contribution in [0.5, 0.6) is 0 Å². The van der Waals surface area contributed by atoms with Crippen LogP contribution >= 0.6 is 0 Å². The van der Waals surface area contributed by atoms with Crippen molar-refractivity contribution in [3.63, 3.8) is 0 Å². The third kappa shape index (κ3) is 4.11. The highest BCUT2D eigenvalue weighted by Crippen LogP contribution is 2.18. The van der Waals surface area contributed by atoms with Crippen molar-refractivity contribution in [1.82, 2.24) is 30.2 Å². The molecule has 0 atom stereocenters. The van der Waals surface area contributed by atoms with Crippen LogP contribution in [0.2, 0.25) is 0 Å². The molecule has 0 saturated carbocycles. The maximum Gasteiger partial charge on any atom is 0.317 e. The quantitative estimate of drug-likeness (QED) is 0.848. The molecule has 1 aromatic carbocycles. The zero-order chi connectivity index (χ0) is 19.3. The third-order valence-electron chi connectivity index (χ3n) is 5.39. The van der Waals surface area contributed by atoms with Crippen LogP contribution in [-0.4, -0.2) is 63.9 Å². The van der Waals surface area contributed by atoms with Crippen molar-refractivity contribution in [2.24, 2.45) is 0 Å². The molecule has 0 bridgehead atoms. The van der Waals surface area contributed by atoms with Crippen LogP contribution in [0.15, 0.2) is 42.6 Å². The first kappa shape index (κ1) is 18.3. The Kier molecular flexibility index (Phi) is 5.45. The SMILES string of the molecule is O=C(NCc1ccn(-c2ccccc2)n1)N1CCC(N2CCCNC2=O)CC1. The monoisotopic (exact) mass is 382 g/mol. The topological polar surface area (TPSA) is 82.5 Å². The lowest BCUT2D eigenvalue weighted by atomic mass is 10.0. The second-order valence-electron chi connectivity index (χ2n) is 7.24. The van der Waals surface area contributed by atoms with Gasteiger partial charge in [-0.15, -0.1) is 0 Å². The number of amides is 4. The maximum atomic E-state index is 12.5. The van der Waals surface area contributed by atoms with E-state index in [0.29, 0.717) is 19.6 Å². The Morgan fingerprint density at radius 2 is 1.93 bits per heavy atom. The van der Waals surface area contributed by atoms with Crippen molar-refractivity contribution < 1.29 is 9.59 Å². The summed E-state index contributed by atoms with van der Waals surface area (Å²) in [6, 6.07) is 12.0. The van der Waals surface area contributed by atoms with Crippen molar-refractivity contribution in [2.75, 3.05) is 26.2 Å². The molecule has 2 N–H and O–H groups in total. The predicted molar refractivity (Wildman–Crippen MR) is 105 cm³/mol. The van der Waals surface area contributed by atoms with Gasteiger partial charge in [-0.2, -0.15) is 5.10 Å². The Balaban J connectivity index is 1.25. The average Bonchev–Trinajstić information content (AvgIpc) is 3.22. The molecular weight excluding hydrogens is 356 g/mol. The molecule has 2 aliphatic rings. The zero-order valence-electron chi connectivity index (χ0n) is 15.9. The molecule has 8 nitrogen and oxygen atoms in total. The van der Waals surface area contributed by atoms with Crippen molar-refractivity contribution in [2.45, 2.75) is 31.8 Å². The fourth-order valence-electron chi connectivity index (χ4n) is 3.84. The molecule has 0 spiro atoms. The lowest BCUT2D eigenvalue weighted by Crippen LogP contribution is -2.55. The Morgan fingerprint density at radius 1 is 1.14 bits per heavy atom. The normalized spacial score (nSPS) is 18.1. The van der Waals surface area contributed by atoms with Crippen molar-refractivity contribution in [1.29, 1.82) is 0 Å². The second kappa shape index (κ2) is 8.33. The maximum absolute atomic E-state index is 12.5. The first-order valence-corrected chi connectivity index (χ1v) is 9.88. The number of nitrogens with one attached hydrogen (secondary N) is 2. The highest BCUT2D eigenvalue weighted by molar-refractivity contribution is 5.76. The van der Waals surface area contributed by atoms with Gasteiger partial charge in [0.25, 0.3) is 0 Å². The number of hydrogen-bond acceptors (Lipinski definition) is 3. The van der Waals surface area contributed by atoms with Crippen LogP contribution in [0, 0.1) is 0 Å². The molecule has 2 saturated heterocycles. The molecule has 0 unspecified atom stereocenters. The van der Waals surface area contributed by atoms with Gasteiger partial charge >= 0.3 is 12.1 Å². The van der Waals surface area contributed by atoms with Crippen LogP contribution in [0.3, 0.4) is 0 Å². The minimum Gasteiger partial charge on any atom is -0.338 e. The van der Waals surface area contributed by atoms with Crippen LogP contribution in [0.4, 0.5) is 9.59 Å². The summed E-state index contributed by atoms with van der Waals surface area (Å²) in [4.78, 5) is 28.2. The number of carbonyl (C=O) groups excluding carboxylic acids is 2. The largest absolute Gasteiger partial charge is 0.338 e. The van der Waals surface area contributed by atoms with Gasteiger partial charge in [-0.05, 0) is 37.5 Å².